The lowest BCUT2D eigenvalue weighted by Crippen LogP contribution is -2.47. The first-order chi connectivity index (χ1) is 19.9. The van der Waals surface area contributed by atoms with Crippen LogP contribution in [-0.4, -0.2) is 55.6 Å². The van der Waals surface area contributed by atoms with E-state index in [2.05, 4.69) is 34.1 Å². The number of aromatic nitrogens is 2. The molecule has 0 unspecified atom stereocenters. The fourth-order valence-electron chi connectivity index (χ4n) is 5.22. The van der Waals surface area contributed by atoms with E-state index in [1.807, 2.05) is 56.3 Å². The van der Waals surface area contributed by atoms with Crippen molar-refractivity contribution in [2.75, 3.05) is 31.1 Å². The lowest BCUT2D eigenvalue weighted by molar-refractivity contribution is -0.122. The van der Waals surface area contributed by atoms with Crippen LogP contribution < -0.4 is 10.5 Å². The third-order valence-electron chi connectivity index (χ3n) is 7.52. The zero-order chi connectivity index (χ0) is 28.5. The van der Waals surface area contributed by atoms with Crippen molar-refractivity contribution in [3.05, 3.63) is 116 Å². The smallest absolute Gasteiger partial charge is 0.267 e. The number of piperazine rings is 1. The predicted molar refractivity (Wildman–Crippen MR) is 170 cm³/mol. The molecular weight excluding hydrogens is 551 g/mol. The Hall–Kier alpha value is -3.79. The number of nitrogens with zero attached hydrogens (tertiary/aromatic N) is 5. The highest BCUT2D eigenvalue weighted by Crippen LogP contribution is 2.34. The van der Waals surface area contributed by atoms with Crippen LogP contribution >= 0.6 is 24.0 Å². The standard InChI is InChI=1S/C32H31N5O2S2/c1-22-8-11-25(12-9-22)21-37-31(39)27(41-32(37)40)18-26-29(33-28-13-10-23(2)19-36(28)30(26)38)35-16-14-34(15-17-35)20-24-6-4-3-5-7-24/h3-13,18-19H,14-17,20-21H2,1-2H3/b27-18-. The molecule has 0 bridgehead atoms. The minimum atomic E-state index is -0.191. The van der Waals surface area contributed by atoms with Gasteiger partial charge in [0.2, 0.25) is 0 Å². The van der Waals surface area contributed by atoms with E-state index in [1.54, 1.807) is 21.6 Å². The van der Waals surface area contributed by atoms with Gasteiger partial charge in [-0.1, -0.05) is 90.2 Å². The molecule has 7 nitrogen and oxygen atoms in total. The zero-order valence-electron chi connectivity index (χ0n) is 23.1. The van der Waals surface area contributed by atoms with Crippen molar-refractivity contribution in [2.45, 2.75) is 26.9 Å². The predicted octanol–water partition coefficient (Wildman–Crippen LogP) is 5.03. The van der Waals surface area contributed by atoms with Gasteiger partial charge in [0.15, 0.2) is 0 Å². The summed E-state index contributed by atoms with van der Waals surface area (Å²) >= 11 is 6.84. The van der Waals surface area contributed by atoms with Gasteiger partial charge in [0.25, 0.3) is 11.5 Å². The second-order valence-electron chi connectivity index (χ2n) is 10.6. The van der Waals surface area contributed by atoms with Gasteiger partial charge in [-0.2, -0.15) is 0 Å². The number of benzene rings is 2. The Labute approximate surface area is 249 Å². The van der Waals surface area contributed by atoms with Crippen molar-refractivity contribution >= 4 is 51.7 Å². The number of thioether (sulfide) groups is 1. The monoisotopic (exact) mass is 581 g/mol. The van der Waals surface area contributed by atoms with Gasteiger partial charge in [0, 0.05) is 38.9 Å². The van der Waals surface area contributed by atoms with Crippen LogP contribution in [0.4, 0.5) is 5.82 Å². The molecule has 0 radical (unpaired) electrons. The minimum absolute atomic E-state index is 0.187. The van der Waals surface area contributed by atoms with E-state index in [0.717, 1.165) is 49.4 Å². The van der Waals surface area contributed by atoms with Crippen LogP contribution in [0.5, 0.6) is 0 Å². The summed E-state index contributed by atoms with van der Waals surface area (Å²) in [5, 5.41) is 0. The molecule has 2 aliphatic heterocycles. The molecule has 4 aromatic rings. The third kappa shape index (κ3) is 5.84. The van der Waals surface area contributed by atoms with Gasteiger partial charge in [-0.3, -0.25) is 23.8 Å². The van der Waals surface area contributed by atoms with E-state index in [0.29, 0.717) is 32.8 Å². The number of hydrogen-bond donors (Lipinski definition) is 0. The quantitative estimate of drug-likeness (QED) is 0.234. The van der Waals surface area contributed by atoms with Crippen molar-refractivity contribution < 1.29 is 4.79 Å². The van der Waals surface area contributed by atoms with E-state index in [9.17, 15) is 9.59 Å². The first-order valence-electron chi connectivity index (χ1n) is 13.7. The zero-order valence-corrected chi connectivity index (χ0v) is 24.8. The van der Waals surface area contributed by atoms with Crippen LogP contribution in [0.3, 0.4) is 0 Å². The summed E-state index contributed by atoms with van der Waals surface area (Å²) in [6.45, 7) is 8.42. The molecule has 1 amide bonds. The number of carbonyl (C=O) groups excluding carboxylic acids is 1. The van der Waals surface area contributed by atoms with Crippen molar-refractivity contribution in [2.24, 2.45) is 0 Å². The SMILES string of the molecule is Cc1ccc(CN2C(=O)/C(=C/c3c(N4CCN(Cc5ccccc5)CC4)nc4ccc(C)cn4c3=O)SC2=S)cc1. The number of pyridine rings is 1. The summed E-state index contributed by atoms with van der Waals surface area (Å²) in [6, 6.07) is 22.4. The van der Waals surface area contributed by atoms with E-state index in [4.69, 9.17) is 17.2 Å². The van der Waals surface area contributed by atoms with E-state index < -0.39 is 0 Å². The maximum Gasteiger partial charge on any atom is 0.267 e. The molecule has 2 saturated heterocycles. The number of fused-ring (bicyclic) bond motifs is 1. The highest BCUT2D eigenvalue weighted by atomic mass is 32.2. The number of rotatable bonds is 6. The normalized spacial score (nSPS) is 17.3. The van der Waals surface area contributed by atoms with Gasteiger partial charge in [-0.15, -0.1) is 0 Å². The number of amides is 1. The second kappa shape index (κ2) is 11.6. The lowest BCUT2D eigenvalue weighted by Gasteiger charge is -2.36. The molecule has 0 aliphatic carbocycles. The first-order valence-corrected chi connectivity index (χ1v) is 14.9. The van der Waals surface area contributed by atoms with Crippen LogP contribution in [0.1, 0.15) is 27.8 Å². The molecule has 0 atom stereocenters. The molecule has 208 valence electrons. The maximum absolute atomic E-state index is 13.9. The van der Waals surface area contributed by atoms with Gasteiger partial charge in [0.05, 0.1) is 17.0 Å². The summed E-state index contributed by atoms with van der Waals surface area (Å²) in [6.07, 6.45) is 3.50. The molecule has 0 N–H and O–H groups in total. The molecule has 2 aromatic heterocycles. The average Bonchev–Trinajstić information content (AvgIpc) is 3.24. The fraction of sp³-hybridized carbons (Fsp3) is 0.250. The summed E-state index contributed by atoms with van der Waals surface area (Å²) < 4.78 is 2.06. The molecule has 4 heterocycles. The van der Waals surface area contributed by atoms with Crippen LogP contribution in [0.2, 0.25) is 0 Å². The Morgan fingerprint density at radius 3 is 2.27 bits per heavy atom. The van der Waals surface area contributed by atoms with Crippen LogP contribution in [-0.2, 0) is 17.9 Å². The third-order valence-corrected chi connectivity index (χ3v) is 8.89. The van der Waals surface area contributed by atoms with Gasteiger partial charge >= 0.3 is 0 Å². The topological polar surface area (TPSA) is 61.2 Å². The number of carbonyl (C=O) groups is 1. The Kier molecular flexibility index (Phi) is 7.75. The average molecular weight is 582 g/mol. The van der Waals surface area contributed by atoms with Crippen molar-refractivity contribution in [3.8, 4) is 0 Å². The molecule has 0 saturated carbocycles. The highest BCUT2D eigenvalue weighted by Gasteiger charge is 2.33. The molecule has 6 rings (SSSR count). The maximum atomic E-state index is 13.9. The molecular formula is C32H31N5O2S2. The van der Waals surface area contributed by atoms with Gasteiger partial charge in [0.1, 0.15) is 15.8 Å². The van der Waals surface area contributed by atoms with Crippen molar-refractivity contribution in [1.29, 1.82) is 0 Å². The summed E-state index contributed by atoms with van der Waals surface area (Å²) in [5.41, 5.74) is 5.22. The molecule has 9 heteroatoms. The number of aryl methyl sites for hydroxylation is 2. The van der Waals surface area contributed by atoms with Crippen LogP contribution in [0.25, 0.3) is 11.7 Å². The Morgan fingerprint density at radius 1 is 0.854 bits per heavy atom. The van der Waals surface area contributed by atoms with E-state index in [1.165, 1.54) is 17.3 Å². The lowest BCUT2D eigenvalue weighted by atomic mass is 10.1. The Balaban J connectivity index is 1.31. The van der Waals surface area contributed by atoms with Gasteiger partial charge < -0.3 is 4.90 Å². The van der Waals surface area contributed by atoms with Crippen LogP contribution in [0.15, 0.2) is 82.6 Å². The summed E-state index contributed by atoms with van der Waals surface area (Å²) in [4.78, 5) is 39.0. The van der Waals surface area contributed by atoms with Crippen LogP contribution in [0, 0.1) is 13.8 Å². The van der Waals surface area contributed by atoms with Gasteiger partial charge in [-0.25, -0.2) is 4.98 Å². The van der Waals surface area contributed by atoms with Crippen molar-refractivity contribution in [1.82, 2.24) is 19.2 Å². The molecule has 41 heavy (non-hydrogen) atoms. The van der Waals surface area contributed by atoms with Crippen molar-refractivity contribution in [3.63, 3.8) is 0 Å². The molecule has 2 aromatic carbocycles. The van der Waals surface area contributed by atoms with E-state index in [-0.39, 0.29) is 11.5 Å². The summed E-state index contributed by atoms with van der Waals surface area (Å²) in [7, 11) is 0. The molecule has 2 fully saturated rings. The molecule has 2 aliphatic rings. The number of hydrogen-bond acceptors (Lipinski definition) is 7. The van der Waals surface area contributed by atoms with Gasteiger partial charge in [-0.05, 0) is 42.7 Å². The largest absolute Gasteiger partial charge is 0.353 e. The Bertz CT molecular complexity index is 1710. The second-order valence-corrected chi connectivity index (χ2v) is 12.3. The Morgan fingerprint density at radius 2 is 1.54 bits per heavy atom. The first kappa shape index (κ1) is 27.4. The number of thiocarbonyl (C=S) groups is 1. The summed E-state index contributed by atoms with van der Waals surface area (Å²) in [5.74, 6) is 0.426. The number of anilines is 1. The molecule has 0 spiro atoms. The highest BCUT2D eigenvalue weighted by molar-refractivity contribution is 8.26. The fourth-order valence-corrected chi connectivity index (χ4v) is 6.45. The van der Waals surface area contributed by atoms with E-state index >= 15 is 0 Å². The minimum Gasteiger partial charge on any atom is -0.353 e.